The summed E-state index contributed by atoms with van der Waals surface area (Å²) in [5.41, 5.74) is 0.716. The Morgan fingerprint density at radius 2 is 1.97 bits per heavy atom. The van der Waals surface area contributed by atoms with Crippen molar-refractivity contribution in [2.24, 2.45) is 5.92 Å². The number of ether oxygens (including phenoxy) is 1. The van der Waals surface area contributed by atoms with Crippen LogP contribution < -0.4 is 4.90 Å². The molecule has 3 heterocycles. The van der Waals surface area contributed by atoms with Crippen molar-refractivity contribution >= 4 is 39.4 Å². The minimum Gasteiger partial charge on any atom is -0.376 e. The monoisotopic (exact) mass is 492 g/mol. The largest absolute Gasteiger partial charge is 0.376 e. The van der Waals surface area contributed by atoms with E-state index in [0.717, 1.165) is 60.6 Å². The molecular weight excluding hydrogens is 464 g/mol. The van der Waals surface area contributed by atoms with Crippen molar-refractivity contribution in [3.8, 4) is 0 Å². The molecule has 0 N–H and O–H groups in total. The summed E-state index contributed by atoms with van der Waals surface area (Å²) >= 11 is 4.92. The molecule has 2 fully saturated rings. The fourth-order valence-corrected chi connectivity index (χ4v) is 5.22. The number of rotatable bonds is 7. The maximum atomic E-state index is 12.9. The van der Waals surface area contributed by atoms with Crippen LogP contribution in [0.4, 0.5) is 5.95 Å². The third-order valence-electron chi connectivity index (χ3n) is 5.95. The Morgan fingerprint density at radius 1 is 1.23 bits per heavy atom. The summed E-state index contributed by atoms with van der Waals surface area (Å²) < 4.78 is 9.05. The van der Waals surface area contributed by atoms with Crippen LogP contribution in [0.5, 0.6) is 0 Å². The SMILES string of the molecule is CC1CCN(c2nnc(S[C@H](C)C(=O)c3ccc(Br)cc3)n2C[C@@H]2CCCO2)CC1. The van der Waals surface area contributed by atoms with E-state index in [2.05, 4.69) is 42.5 Å². The molecule has 8 heteroatoms. The van der Waals surface area contributed by atoms with Gasteiger partial charge in [0.1, 0.15) is 0 Å². The number of Topliss-reactive ketones (excluding diaryl/α,β-unsaturated/α-hetero) is 1. The summed E-state index contributed by atoms with van der Waals surface area (Å²) in [6.45, 7) is 7.83. The zero-order valence-electron chi connectivity index (χ0n) is 17.6. The highest BCUT2D eigenvalue weighted by molar-refractivity contribution is 9.10. The second kappa shape index (κ2) is 9.83. The molecule has 2 atom stereocenters. The van der Waals surface area contributed by atoms with Gasteiger partial charge in [0.2, 0.25) is 5.95 Å². The molecule has 0 bridgehead atoms. The van der Waals surface area contributed by atoms with E-state index in [1.165, 1.54) is 24.6 Å². The van der Waals surface area contributed by atoms with Crippen LogP contribution in [0.2, 0.25) is 0 Å². The molecule has 4 rings (SSSR count). The van der Waals surface area contributed by atoms with E-state index in [4.69, 9.17) is 4.74 Å². The molecule has 0 aliphatic carbocycles. The number of aromatic nitrogens is 3. The number of carbonyl (C=O) groups is 1. The fraction of sp³-hybridized carbons (Fsp3) is 0.591. The second-order valence-electron chi connectivity index (χ2n) is 8.33. The zero-order chi connectivity index (χ0) is 21.1. The average Bonchev–Trinajstić information content (AvgIpc) is 3.40. The summed E-state index contributed by atoms with van der Waals surface area (Å²) in [5.74, 6) is 1.78. The summed E-state index contributed by atoms with van der Waals surface area (Å²) in [4.78, 5) is 15.3. The molecule has 0 unspecified atom stereocenters. The first-order valence-electron chi connectivity index (χ1n) is 10.8. The summed E-state index contributed by atoms with van der Waals surface area (Å²) in [5, 5.41) is 9.61. The molecule has 1 aromatic carbocycles. The second-order valence-corrected chi connectivity index (χ2v) is 10.6. The number of piperidine rings is 1. The van der Waals surface area contributed by atoms with Crippen LogP contribution in [0.25, 0.3) is 0 Å². The highest BCUT2D eigenvalue weighted by Crippen LogP contribution is 2.31. The normalized spacial score (nSPS) is 21.2. The van der Waals surface area contributed by atoms with E-state index >= 15 is 0 Å². The minimum absolute atomic E-state index is 0.104. The number of hydrogen-bond acceptors (Lipinski definition) is 6. The highest BCUT2D eigenvalue weighted by Gasteiger charge is 2.28. The molecule has 0 radical (unpaired) electrons. The van der Waals surface area contributed by atoms with Gasteiger partial charge in [-0.25, -0.2) is 0 Å². The van der Waals surface area contributed by atoms with E-state index in [-0.39, 0.29) is 17.1 Å². The standard InChI is InChI=1S/C22H29BrN4O2S/c1-15-9-11-26(12-10-15)21-24-25-22(27(21)14-19-4-3-13-29-19)30-16(2)20(28)17-5-7-18(23)8-6-17/h5-8,15-16,19H,3-4,9-14H2,1-2H3/t16-,19+/m1/s1. The van der Waals surface area contributed by atoms with Gasteiger partial charge in [0.15, 0.2) is 10.9 Å². The van der Waals surface area contributed by atoms with Gasteiger partial charge in [-0.1, -0.05) is 46.7 Å². The van der Waals surface area contributed by atoms with Crippen LogP contribution in [0, 0.1) is 5.92 Å². The molecule has 6 nitrogen and oxygen atoms in total. The Balaban J connectivity index is 1.53. The topological polar surface area (TPSA) is 60.2 Å². The van der Waals surface area contributed by atoms with Crippen molar-refractivity contribution < 1.29 is 9.53 Å². The maximum absolute atomic E-state index is 12.9. The van der Waals surface area contributed by atoms with Crippen LogP contribution in [-0.2, 0) is 11.3 Å². The lowest BCUT2D eigenvalue weighted by Crippen LogP contribution is -2.35. The number of nitrogens with zero attached hydrogens (tertiary/aromatic N) is 4. The smallest absolute Gasteiger partial charge is 0.228 e. The number of thioether (sulfide) groups is 1. The van der Waals surface area contributed by atoms with E-state index in [1.807, 2.05) is 31.2 Å². The Labute approximate surface area is 190 Å². The Kier molecular flexibility index (Phi) is 7.16. The Morgan fingerprint density at radius 3 is 2.63 bits per heavy atom. The molecule has 2 saturated heterocycles. The first kappa shape index (κ1) is 21.8. The Hall–Kier alpha value is -1.38. The molecule has 2 aliphatic rings. The first-order valence-corrected chi connectivity index (χ1v) is 12.4. The lowest BCUT2D eigenvalue weighted by molar-refractivity contribution is 0.0951. The van der Waals surface area contributed by atoms with E-state index in [9.17, 15) is 4.79 Å². The molecule has 0 spiro atoms. The average molecular weight is 493 g/mol. The van der Waals surface area contributed by atoms with Crippen molar-refractivity contribution in [2.45, 2.75) is 62.6 Å². The van der Waals surface area contributed by atoms with Crippen LogP contribution in [-0.4, -0.2) is 51.6 Å². The summed E-state index contributed by atoms with van der Waals surface area (Å²) in [6.07, 6.45) is 4.71. The van der Waals surface area contributed by atoms with Gasteiger partial charge in [-0.15, -0.1) is 10.2 Å². The van der Waals surface area contributed by atoms with Gasteiger partial charge in [-0.05, 0) is 50.7 Å². The number of carbonyl (C=O) groups excluding carboxylic acids is 1. The number of anilines is 1. The predicted molar refractivity (Wildman–Crippen MR) is 123 cm³/mol. The summed E-state index contributed by atoms with van der Waals surface area (Å²) in [6, 6.07) is 7.53. The lowest BCUT2D eigenvalue weighted by atomic mass is 10.00. The minimum atomic E-state index is -0.243. The zero-order valence-corrected chi connectivity index (χ0v) is 20.0. The van der Waals surface area contributed by atoms with E-state index < -0.39 is 0 Å². The Bertz CT molecular complexity index is 859. The van der Waals surface area contributed by atoms with Crippen molar-refractivity contribution in [3.63, 3.8) is 0 Å². The van der Waals surface area contributed by atoms with Gasteiger partial charge in [0, 0.05) is 29.7 Å². The van der Waals surface area contributed by atoms with Crippen molar-refractivity contribution in [2.75, 3.05) is 24.6 Å². The van der Waals surface area contributed by atoms with Gasteiger partial charge >= 0.3 is 0 Å². The number of halogens is 1. The molecule has 30 heavy (non-hydrogen) atoms. The predicted octanol–water partition coefficient (Wildman–Crippen LogP) is 4.82. The van der Waals surface area contributed by atoms with E-state index in [0.29, 0.717) is 5.56 Å². The van der Waals surface area contributed by atoms with Crippen LogP contribution in [0.15, 0.2) is 33.9 Å². The highest BCUT2D eigenvalue weighted by atomic mass is 79.9. The van der Waals surface area contributed by atoms with Gasteiger partial charge in [0.25, 0.3) is 0 Å². The van der Waals surface area contributed by atoms with Gasteiger partial charge in [-0.3, -0.25) is 9.36 Å². The quantitative estimate of drug-likeness (QED) is 0.407. The van der Waals surface area contributed by atoms with Crippen LogP contribution >= 0.6 is 27.7 Å². The molecular formula is C22H29BrN4O2S. The molecule has 0 amide bonds. The first-order chi connectivity index (χ1) is 14.5. The van der Waals surface area contributed by atoms with Gasteiger partial charge in [0.05, 0.1) is 17.9 Å². The van der Waals surface area contributed by atoms with Crippen LogP contribution in [0.1, 0.15) is 49.9 Å². The van der Waals surface area contributed by atoms with Gasteiger partial charge < -0.3 is 9.64 Å². The fourth-order valence-electron chi connectivity index (χ4n) is 4.02. The van der Waals surface area contributed by atoms with Crippen LogP contribution in [0.3, 0.4) is 0 Å². The molecule has 2 aliphatic heterocycles. The lowest BCUT2D eigenvalue weighted by Gasteiger charge is -2.31. The third-order valence-corrected chi connectivity index (χ3v) is 7.56. The maximum Gasteiger partial charge on any atom is 0.228 e. The molecule has 1 aromatic heterocycles. The van der Waals surface area contributed by atoms with Crippen molar-refractivity contribution in [1.82, 2.24) is 14.8 Å². The third kappa shape index (κ3) is 5.08. The number of hydrogen-bond donors (Lipinski definition) is 0. The summed E-state index contributed by atoms with van der Waals surface area (Å²) in [7, 11) is 0. The number of ketones is 1. The molecule has 2 aromatic rings. The van der Waals surface area contributed by atoms with Crippen molar-refractivity contribution in [3.05, 3.63) is 34.3 Å². The van der Waals surface area contributed by atoms with Gasteiger partial charge in [-0.2, -0.15) is 0 Å². The number of benzene rings is 1. The molecule has 0 saturated carbocycles. The van der Waals surface area contributed by atoms with Crippen molar-refractivity contribution in [1.29, 1.82) is 0 Å². The molecule has 162 valence electrons. The van der Waals surface area contributed by atoms with E-state index in [1.54, 1.807) is 0 Å².